The third-order valence-corrected chi connectivity index (χ3v) is 1.34. The van der Waals surface area contributed by atoms with E-state index in [0.29, 0.717) is 0 Å². The third kappa shape index (κ3) is 6.02. The van der Waals surface area contributed by atoms with Crippen molar-refractivity contribution >= 4 is 7.32 Å². The highest BCUT2D eigenvalue weighted by Crippen LogP contribution is 2.00. The minimum atomic E-state index is -2.17. The van der Waals surface area contributed by atoms with Crippen molar-refractivity contribution in [1.82, 2.24) is 9.80 Å². The van der Waals surface area contributed by atoms with Gasteiger partial charge in [0.1, 0.15) is 0 Å². The molecule has 1 aliphatic rings. The van der Waals surface area contributed by atoms with Crippen molar-refractivity contribution in [2.45, 2.75) is 6.92 Å². The first-order chi connectivity index (χ1) is 5.56. The second kappa shape index (κ2) is 5.88. The Bertz CT molecular complexity index is 140. The molecule has 0 aromatic carbocycles. The molecule has 3 N–H and O–H groups in total. The second-order valence-electron chi connectivity index (χ2n) is 2.45. The molecule has 0 bridgehead atoms. The highest BCUT2D eigenvalue weighted by atomic mass is 16.5. The molecule has 0 amide bonds. The van der Waals surface area contributed by atoms with Crippen LogP contribution in [-0.2, 0) is 0 Å². The Kier molecular flexibility index (Phi) is 5.52. The Labute approximate surface area is 72.7 Å². The molecule has 1 rings (SSSR count). The molecule has 0 spiro atoms. The van der Waals surface area contributed by atoms with Crippen molar-refractivity contribution in [3.05, 3.63) is 12.4 Å². The van der Waals surface area contributed by atoms with Gasteiger partial charge in [-0.25, -0.2) is 0 Å². The SMILES string of the molecule is CCN1C=CN(C)C1.OB(O)O. The van der Waals surface area contributed by atoms with Crippen LogP contribution in [0, 0.1) is 0 Å². The zero-order valence-electron chi connectivity index (χ0n) is 7.38. The average Bonchev–Trinajstić information content (AvgIpc) is 2.34. The first-order valence-electron chi connectivity index (χ1n) is 3.73. The minimum absolute atomic E-state index is 1.05. The van der Waals surface area contributed by atoms with E-state index in [2.05, 4.69) is 36.2 Å². The molecule has 6 heteroatoms. The maximum absolute atomic E-state index is 7.17. The quantitative estimate of drug-likeness (QED) is 0.428. The van der Waals surface area contributed by atoms with Gasteiger partial charge in [-0.05, 0) is 6.92 Å². The topological polar surface area (TPSA) is 67.2 Å². The Balaban J connectivity index is 0.000000261. The second-order valence-corrected chi connectivity index (χ2v) is 2.45. The summed E-state index contributed by atoms with van der Waals surface area (Å²) >= 11 is 0. The van der Waals surface area contributed by atoms with Crippen molar-refractivity contribution in [2.24, 2.45) is 0 Å². The predicted octanol–water partition coefficient (Wildman–Crippen LogP) is -1.37. The highest BCUT2D eigenvalue weighted by molar-refractivity contribution is 6.30. The maximum Gasteiger partial charge on any atom is 0.631 e. The van der Waals surface area contributed by atoms with Gasteiger partial charge in [-0.1, -0.05) is 0 Å². The van der Waals surface area contributed by atoms with Crippen molar-refractivity contribution in [2.75, 3.05) is 20.3 Å². The molecule has 70 valence electrons. The summed E-state index contributed by atoms with van der Waals surface area (Å²) in [5, 5.41) is 21.5. The van der Waals surface area contributed by atoms with E-state index >= 15 is 0 Å². The van der Waals surface area contributed by atoms with Gasteiger partial charge < -0.3 is 24.9 Å². The van der Waals surface area contributed by atoms with E-state index in [1.165, 1.54) is 0 Å². The zero-order chi connectivity index (χ0) is 9.56. The normalized spacial score (nSPS) is 14.4. The van der Waals surface area contributed by atoms with Crippen molar-refractivity contribution in [3.63, 3.8) is 0 Å². The largest absolute Gasteiger partial charge is 0.631 e. The van der Waals surface area contributed by atoms with E-state index in [4.69, 9.17) is 15.1 Å². The Hall–Kier alpha value is -0.715. The first kappa shape index (κ1) is 11.3. The van der Waals surface area contributed by atoms with Crippen molar-refractivity contribution in [1.29, 1.82) is 0 Å². The molecule has 0 aromatic rings. The molecular formula is C6H15BN2O3. The van der Waals surface area contributed by atoms with Crippen LogP contribution >= 0.6 is 0 Å². The van der Waals surface area contributed by atoms with E-state index in [9.17, 15) is 0 Å². The van der Waals surface area contributed by atoms with E-state index in [1.54, 1.807) is 0 Å². The monoisotopic (exact) mass is 174 g/mol. The Morgan fingerprint density at radius 3 is 2.00 bits per heavy atom. The summed E-state index contributed by atoms with van der Waals surface area (Å²) in [6.45, 7) is 4.32. The minimum Gasteiger partial charge on any atom is -0.402 e. The molecule has 0 saturated heterocycles. The Morgan fingerprint density at radius 2 is 1.83 bits per heavy atom. The summed E-state index contributed by atoms with van der Waals surface area (Å²) in [7, 11) is -0.0911. The van der Waals surface area contributed by atoms with Crippen LogP contribution in [0.2, 0.25) is 0 Å². The first-order valence-corrected chi connectivity index (χ1v) is 3.73. The summed E-state index contributed by atoms with van der Waals surface area (Å²) in [6.07, 6.45) is 4.20. The molecule has 1 aliphatic heterocycles. The summed E-state index contributed by atoms with van der Waals surface area (Å²) in [6, 6.07) is 0. The van der Waals surface area contributed by atoms with E-state index in [0.717, 1.165) is 13.2 Å². The van der Waals surface area contributed by atoms with Gasteiger partial charge in [0.15, 0.2) is 0 Å². The molecule has 0 aromatic heterocycles. The van der Waals surface area contributed by atoms with Gasteiger partial charge in [0.2, 0.25) is 0 Å². The van der Waals surface area contributed by atoms with Gasteiger partial charge >= 0.3 is 7.32 Å². The smallest absolute Gasteiger partial charge is 0.402 e. The van der Waals surface area contributed by atoms with Crippen LogP contribution in [0.4, 0.5) is 0 Å². The van der Waals surface area contributed by atoms with Crippen LogP contribution in [0.5, 0.6) is 0 Å². The molecule has 0 saturated carbocycles. The molecular weight excluding hydrogens is 159 g/mol. The predicted molar refractivity (Wildman–Crippen MR) is 46.6 cm³/mol. The summed E-state index contributed by atoms with van der Waals surface area (Å²) < 4.78 is 0. The van der Waals surface area contributed by atoms with Crippen LogP contribution in [0.1, 0.15) is 6.92 Å². The van der Waals surface area contributed by atoms with E-state index in [-0.39, 0.29) is 0 Å². The fourth-order valence-corrected chi connectivity index (χ4v) is 0.794. The van der Waals surface area contributed by atoms with Crippen LogP contribution in [0.3, 0.4) is 0 Å². The summed E-state index contributed by atoms with van der Waals surface area (Å²) in [5.41, 5.74) is 0. The fraction of sp³-hybridized carbons (Fsp3) is 0.667. The van der Waals surface area contributed by atoms with Crippen molar-refractivity contribution < 1.29 is 15.1 Å². The van der Waals surface area contributed by atoms with Crippen LogP contribution in [0.25, 0.3) is 0 Å². The molecule has 0 aliphatic carbocycles. The number of nitrogens with zero attached hydrogens (tertiary/aromatic N) is 2. The Morgan fingerprint density at radius 1 is 1.33 bits per heavy atom. The standard InChI is InChI=1S/C6H12N2.BH3O3/c1-3-8-5-4-7(2)6-8;2-1(3)4/h4-5H,3,6H2,1-2H3;2-4H. The summed E-state index contributed by atoms with van der Waals surface area (Å²) in [4.78, 5) is 4.41. The highest BCUT2D eigenvalue weighted by Gasteiger charge is 2.03. The fourth-order valence-electron chi connectivity index (χ4n) is 0.794. The lowest BCUT2D eigenvalue weighted by Crippen LogP contribution is -2.21. The van der Waals surface area contributed by atoms with Crippen LogP contribution < -0.4 is 0 Å². The lowest BCUT2D eigenvalue weighted by Gasteiger charge is -2.14. The van der Waals surface area contributed by atoms with Gasteiger partial charge in [-0.3, -0.25) is 0 Å². The van der Waals surface area contributed by atoms with Crippen LogP contribution in [-0.4, -0.2) is 52.5 Å². The molecule has 12 heavy (non-hydrogen) atoms. The van der Waals surface area contributed by atoms with Crippen LogP contribution in [0.15, 0.2) is 12.4 Å². The number of rotatable bonds is 1. The average molecular weight is 174 g/mol. The van der Waals surface area contributed by atoms with Gasteiger partial charge in [0, 0.05) is 26.0 Å². The van der Waals surface area contributed by atoms with Gasteiger partial charge in [-0.2, -0.15) is 0 Å². The molecule has 0 unspecified atom stereocenters. The number of hydrogen-bond donors (Lipinski definition) is 3. The molecule has 0 fully saturated rings. The van der Waals surface area contributed by atoms with Gasteiger partial charge in [-0.15, -0.1) is 0 Å². The lowest BCUT2D eigenvalue weighted by molar-refractivity contribution is 0.278. The summed E-state index contributed by atoms with van der Waals surface area (Å²) in [5.74, 6) is 0. The molecule has 0 atom stereocenters. The van der Waals surface area contributed by atoms with Gasteiger partial charge in [0.25, 0.3) is 0 Å². The van der Waals surface area contributed by atoms with Crippen molar-refractivity contribution in [3.8, 4) is 0 Å². The maximum atomic E-state index is 7.17. The molecule has 5 nitrogen and oxygen atoms in total. The molecule has 0 radical (unpaired) electrons. The lowest BCUT2D eigenvalue weighted by atomic mass is 10.3. The molecule has 1 heterocycles. The zero-order valence-corrected chi connectivity index (χ0v) is 7.38. The van der Waals surface area contributed by atoms with E-state index < -0.39 is 7.32 Å². The third-order valence-electron chi connectivity index (χ3n) is 1.34. The number of hydrogen-bond acceptors (Lipinski definition) is 5. The van der Waals surface area contributed by atoms with Gasteiger partial charge in [0.05, 0.1) is 6.67 Å². The van der Waals surface area contributed by atoms with E-state index in [1.807, 2.05) is 0 Å².